The third kappa shape index (κ3) is 4.10. The van der Waals surface area contributed by atoms with E-state index in [1.165, 1.54) is 9.80 Å². The first kappa shape index (κ1) is 20.1. The van der Waals surface area contributed by atoms with Crippen LogP contribution >= 0.6 is 11.8 Å². The molecule has 28 heavy (non-hydrogen) atoms. The molecule has 0 spiro atoms. The Morgan fingerprint density at radius 3 is 2.54 bits per heavy atom. The zero-order valence-corrected chi connectivity index (χ0v) is 16.6. The third-order valence-corrected chi connectivity index (χ3v) is 5.62. The molecule has 1 atom stereocenters. The molecule has 0 radical (unpaired) electrons. The number of carbonyl (C=O) groups excluding carboxylic acids is 3. The van der Waals surface area contributed by atoms with Crippen LogP contribution in [0.4, 0.5) is 16.2 Å². The zero-order valence-electron chi connectivity index (χ0n) is 15.8. The molecule has 3 rings (SSSR count). The second kappa shape index (κ2) is 8.58. The van der Waals surface area contributed by atoms with Crippen LogP contribution in [0.25, 0.3) is 0 Å². The SMILES string of the molecule is Cc1ccc(C)c(N2C(=O)SC(CC(=O)N(CCO)c3ccccc3)C2=O)c1. The minimum atomic E-state index is -0.773. The lowest BCUT2D eigenvalue weighted by Gasteiger charge is -2.23. The van der Waals surface area contributed by atoms with Crippen molar-refractivity contribution in [1.29, 1.82) is 0 Å². The number of benzene rings is 2. The van der Waals surface area contributed by atoms with Gasteiger partial charge in [0.05, 0.1) is 12.3 Å². The number of rotatable bonds is 6. The van der Waals surface area contributed by atoms with Gasteiger partial charge in [0.15, 0.2) is 0 Å². The molecule has 2 aromatic rings. The largest absolute Gasteiger partial charge is 0.395 e. The number of thioether (sulfide) groups is 1. The maximum atomic E-state index is 12.9. The van der Waals surface area contributed by atoms with E-state index in [2.05, 4.69) is 0 Å². The summed E-state index contributed by atoms with van der Waals surface area (Å²) in [6, 6.07) is 14.6. The highest BCUT2D eigenvalue weighted by Gasteiger charge is 2.42. The van der Waals surface area contributed by atoms with E-state index in [1.807, 2.05) is 32.0 Å². The van der Waals surface area contributed by atoms with Gasteiger partial charge >= 0.3 is 0 Å². The van der Waals surface area contributed by atoms with Crippen molar-refractivity contribution in [3.8, 4) is 0 Å². The van der Waals surface area contributed by atoms with Crippen molar-refractivity contribution < 1.29 is 19.5 Å². The first-order valence-corrected chi connectivity index (χ1v) is 9.88. The van der Waals surface area contributed by atoms with E-state index in [4.69, 9.17) is 0 Å². The van der Waals surface area contributed by atoms with Crippen LogP contribution in [0, 0.1) is 13.8 Å². The molecule has 1 aliphatic rings. The van der Waals surface area contributed by atoms with Crippen LogP contribution in [-0.2, 0) is 9.59 Å². The number of hydrogen-bond donors (Lipinski definition) is 1. The van der Waals surface area contributed by atoms with Gasteiger partial charge in [-0.2, -0.15) is 0 Å². The van der Waals surface area contributed by atoms with Crippen LogP contribution in [0.15, 0.2) is 48.5 Å². The van der Waals surface area contributed by atoms with Crippen LogP contribution in [0.5, 0.6) is 0 Å². The standard InChI is InChI=1S/C21H22N2O4S/c1-14-8-9-15(2)17(12-14)23-20(26)18(28-21(23)27)13-19(25)22(10-11-24)16-6-4-3-5-7-16/h3-9,12,18,24H,10-11,13H2,1-2H3. The Hall–Kier alpha value is -2.64. The Kier molecular flexibility index (Phi) is 6.16. The summed E-state index contributed by atoms with van der Waals surface area (Å²) in [5.74, 6) is -0.684. The van der Waals surface area contributed by atoms with Gasteiger partial charge in [0, 0.05) is 18.7 Å². The Morgan fingerprint density at radius 2 is 1.86 bits per heavy atom. The summed E-state index contributed by atoms with van der Waals surface area (Å²) in [6.07, 6.45) is -0.106. The zero-order chi connectivity index (χ0) is 20.3. The second-order valence-electron chi connectivity index (χ2n) is 6.64. The molecule has 1 N–H and O–H groups in total. The van der Waals surface area contributed by atoms with Crippen molar-refractivity contribution in [2.75, 3.05) is 23.0 Å². The quantitative estimate of drug-likeness (QED) is 0.808. The van der Waals surface area contributed by atoms with E-state index in [0.29, 0.717) is 11.4 Å². The van der Waals surface area contributed by atoms with E-state index in [1.54, 1.807) is 30.3 Å². The molecule has 146 valence electrons. The van der Waals surface area contributed by atoms with Crippen molar-refractivity contribution >= 4 is 40.2 Å². The summed E-state index contributed by atoms with van der Waals surface area (Å²) in [5, 5.41) is 8.18. The normalized spacial score (nSPS) is 16.5. The van der Waals surface area contributed by atoms with Gasteiger partial charge in [0.25, 0.3) is 5.24 Å². The monoisotopic (exact) mass is 398 g/mol. The minimum absolute atomic E-state index is 0.106. The number of aliphatic hydroxyl groups is 1. The number of aliphatic hydroxyl groups excluding tert-OH is 1. The lowest BCUT2D eigenvalue weighted by Crippen LogP contribution is -2.38. The minimum Gasteiger partial charge on any atom is -0.395 e. The number of carbonyl (C=O) groups is 3. The van der Waals surface area contributed by atoms with E-state index in [-0.39, 0.29) is 36.6 Å². The number of anilines is 2. The van der Waals surface area contributed by atoms with E-state index < -0.39 is 5.25 Å². The Morgan fingerprint density at radius 1 is 1.14 bits per heavy atom. The van der Waals surface area contributed by atoms with E-state index >= 15 is 0 Å². The Bertz CT molecular complexity index is 901. The van der Waals surface area contributed by atoms with Gasteiger partial charge in [0.1, 0.15) is 5.25 Å². The Labute approximate surface area is 168 Å². The predicted molar refractivity (Wildman–Crippen MR) is 111 cm³/mol. The Balaban J connectivity index is 1.79. The molecule has 2 aromatic carbocycles. The number of imide groups is 1. The average Bonchev–Trinajstić information content (AvgIpc) is 2.95. The van der Waals surface area contributed by atoms with E-state index in [9.17, 15) is 19.5 Å². The number of hydrogen-bond acceptors (Lipinski definition) is 5. The summed E-state index contributed by atoms with van der Waals surface area (Å²) in [5.41, 5.74) is 2.98. The number of aryl methyl sites for hydroxylation is 2. The lowest BCUT2D eigenvalue weighted by molar-refractivity contribution is -0.122. The second-order valence-corrected chi connectivity index (χ2v) is 7.80. The first-order chi connectivity index (χ1) is 13.4. The molecular weight excluding hydrogens is 376 g/mol. The predicted octanol–water partition coefficient (Wildman–Crippen LogP) is 3.29. The number of nitrogens with zero attached hydrogens (tertiary/aromatic N) is 2. The van der Waals surface area contributed by atoms with Crippen molar-refractivity contribution in [1.82, 2.24) is 0 Å². The fraction of sp³-hybridized carbons (Fsp3) is 0.286. The first-order valence-electron chi connectivity index (χ1n) is 9.00. The maximum Gasteiger partial charge on any atom is 0.293 e. The highest BCUT2D eigenvalue weighted by atomic mass is 32.2. The third-order valence-electron chi connectivity index (χ3n) is 4.58. The molecule has 1 saturated heterocycles. The highest BCUT2D eigenvalue weighted by Crippen LogP contribution is 2.35. The van der Waals surface area contributed by atoms with Crippen LogP contribution < -0.4 is 9.80 Å². The van der Waals surface area contributed by atoms with Crippen molar-refractivity contribution in [3.05, 3.63) is 59.7 Å². The smallest absolute Gasteiger partial charge is 0.293 e. The highest BCUT2D eigenvalue weighted by molar-refractivity contribution is 8.15. The summed E-state index contributed by atoms with van der Waals surface area (Å²) in [4.78, 5) is 40.8. The molecular formula is C21H22N2O4S. The average molecular weight is 398 g/mol. The van der Waals surface area contributed by atoms with E-state index in [0.717, 1.165) is 22.9 Å². The number of amides is 3. The molecule has 7 heteroatoms. The summed E-state index contributed by atoms with van der Waals surface area (Å²) < 4.78 is 0. The molecule has 0 bridgehead atoms. The van der Waals surface area contributed by atoms with Gasteiger partial charge < -0.3 is 10.0 Å². The summed E-state index contributed by atoms with van der Waals surface area (Å²) in [6.45, 7) is 3.68. The van der Waals surface area contributed by atoms with Gasteiger partial charge in [-0.25, -0.2) is 4.90 Å². The molecule has 0 aliphatic carbocycles. The van der Waals surface area contributed by atoms with Crippen molar-refractivity contribution in [2.45, 2.75) is 25.5 Å². The topological polar surface area (TPSA) is 77.9 Å². The van der Waals surface area contributed by atoms with Crippen molar-refractivity contribution in [2.24, 2.45) is 0 Å². The molecule has 3 amide bonds. The van der Waals surface area contributed by atoms with Gasteiger partial charge in [-0.15, -0.1) is 0 Å². The molecule has 1 fully saturated rings. The summed E-state index contributed by atoms with van der Waals surface area (Å²) >= 11 is 0.878. The molecule has 1 unspecified atom stereocenters. The van der Waals surface area contributed by atoms with Gasteiger partial charge in [-0.3, -0.25) is 14.4 Å². The van der Waals surface area contributed by atoms with Gasteiger partial charge in [-0.1, -0.05) is 30.3 Å². The molecule has 1 aliphatic heterocycles. The summed E-state index contributed by atoms with van der Waals surface area (Å²) in [7, 11) is 0. The van der Waals surface area contributed by atoms with Crippen LogP contribution in [-0.4, -0.2) is 40.6 Å². The fourth-order valence-corrected chi connectivity index (χ4v) is 4.11. The molecule has 0 aromatic heterocycles. The molecule has 1 heterocycles. The van der Waals surface area contributed by atoms with Crippen LogP contribution in [0.3, 0.4) is 0 Å². The van der Waals surface area contributed by atoms with Crippen LogP contribution in [0.1, 0.15) is 17.5 Å². The fourth-order valence-electron chi connectivity index (χ4n) is 3.14. The number of para-hydroxylation sites is 1. The van der Waals surface area contributed by atoms with Crippen molar-refractivity contribution in [3.63, 3.8) is 0 Å². The van der Waals surface area contributed by atoms with Crippen LogP contribution in [0.2, 0.25) is 0 Å². The molecule has 6 nitrogen and oxygen atoms in total. The lowest BCUT2D eigenvalue weighted by atomic mass is 10.1. The van der Waals surface area contributed by atoms with Gasteiger partial charge in [-0.05, 0) is 54.9 Å². The maximum absolute atomic E-state index is 12.9. The molecule has 0 saturated carbocycles. The van der Waals surface area contributed by atoms with Gasteiger partial charge in [0.2, 0.25) is 11.8 Å².